The molecule has 2 nitrogen and oxygen atoms in total. The molecule has 1 aromatic heterocycles. The van der Waals surface area contributed by atoms with E-state index in [1.54, 1.807) is 0 Å². The van der Waals surface area contributed by atoms with Gasteiger partial charge in [-0.25, -0.2) is 0 Å². The normalized spacial score (nSPS) is 9.36. The monoisotopic (exact) mass is 188 g/mol. The Balaban J connectivity index is 0.000000461. The number of benzene rings is 1. The summed E-state index contributed by atoms with van der Waals surface area (Å²) in [7, 11) is 0. The largest absolute Gasteiger partial charge is 0.326 e. The molecule has 1 aromatic carbocycles. The fourth-order valence-electron chi connectivity index (χ4n) is 1.23. The second-order valence-electron chi connectivity index (χ2n) is 2.74. The molecule has 2 N–H and O–H groups in total. The van der Waals surface area contributed by atoms with Crippen molar-refractivity contribution in [2.45, 2.75) is 20.4 Å². The van der Waals surface area contributed by atoms with Gasteiger partial charge in [-0.05, 0) is 17.7 Å². The number of aromatic nitrogens is 1. The molecule has 0 bridgehead atoms. The second-order valence-corrected chi connectivity index (χ2v) is 2.74. The maximum Gasteiger partial charge on any atom is 0.0702 e. The zero-order chi connectivity index (χ0) is 10.4. The third kappa shape index (κ3) is 2.30. The minimum Gasteiger partial charge on any atom is -0.326 e. The highest BCUT2D eigenvalue weighted by Crippen LogP contribution is 2.11. The molecule has 0 fully saturated rings. The number of hydrogen-bond donors (Lipinski definition) is 1. The highest BCUT2D eigenvalue weighted by molar-refractivity contribution is 5.78. The summed E-state index contributed by atoms with van der Waals surface area (Å²) in [5.41, 5.74) is 7.60. The van der Waals surface area contributed by atoms with Crippen molar-refractivity contribution in [2.75, 3.05) is 0 Å². The van der Waals surface area contributed by atoms with Crippen molar-refractivity contribution in [1.29, 1.82) is 0 Å². The quantitative estimate of drug-likeness (QED) is 0.747. The number of nitrogens with zero attached hydrogens (tertiary/aromatic N) is 1. The number of para-hydroxylation sites is 1. The number of hydrogen-bond acceptors (Lipinski definition) is 2. The Morgan fingerprint density at radius 3 is 2.64 bits per heavy atom. The van der Waals surface area contributed by atoms with Gasteiger partial charge >= 0.3 is 0 Å². The fraction of sp³-hybridized carbons (Fsp3) is 0.250. The van der Waals surface area contributed by atoms with Crippen LogP contribution in [0.3, 0.4) is 0 Å². The summed E-state index contributed by atoms with van der Waals surface area (Å²) in [6, 6.07) is 10.1. The summed E-state index contributed by atoms with van der Waals surface area (Å²) in [5, 5.41) is 1.15. The summed E-state index contributed by atoms with van der Waals surface area (Å²) >= 11 is 0. The summed E-state index contributed by atoms with van der Waals surface area (Å²) < 4.78 is 0. The van der Waals surface area contributed by atoms with Gasteiger partial charge in [0.2, 0.25) is 0 Å². The van der Waals surface area contributed by atoms with Crippen LogP contribution >= 0.6 is 0 Å². The van der Waals surface area contributed by atoms with Gasteiger partial charge in [-0.2, -0.15) is 0 Å². The van der Waals surface area contributed by atoms with E-state index in [2.05, 4.69) is 11.1 Å². The van der Waals surface area contributed by atoms with Gasteiger partial charge in [-0.15, -0.1) is 0 Å². The van der Waals surface area contributed by atoms with Gasteiger partial charge in [0.15, 0.2) is 0 Å². The van der Waals surface area contributed by atoms with Gasteiger partial charge < -0.3 is 5.73 Å². The standard InChI is InChI=1S/C10H10N2.C2H6/c11-6-8-5-9-3-1-2-4-10(9)12-7-8;1-2/h1-5,7H,6,11H2;1-2H3. The average Bonchev–Trinajstić information content (AvgIpc) is 2.31. The molecule has 0 saturated heterocycles. The molecule has 0 radical (unpaired) electrons. The molecular formula is C12H16N2. The molecule has 0 saturated carbocycles. The molecular weight excluding hydrogens is 172 g/mol. The third-order valence-electron chi connectivity index (χ3n) is 1.88. The summed E-state index contributed by atoms with van der Waals surface area (Å²) in [6.45, 7) is 4.55. The van der Waals surface area contributed by atoms with E-state index < -0.39 is 0 Å². The zero-order valence-electron chi connectivity index (χ0n) is 8.70. The van der Waals surface area contributed by atoms with E-state index in [-0.39, 0.29) is 0 Å². The van der Waals surface area contributed by atoms with Crippen molar-refractivity contribution in [2.24, 2.45) is 5.73 Å². The Morgan fingerprint density at radius 2 is 1.93 bits per heavy atom. The molecule has 1 heterocycles. The molecule has 2 aromatic rings. The minimum absolute atomic E-state index is 0.553. The summed E-state index contributed by atoms with van der Waals surface area (Å²) in [4.78, 5) is 4.27. The van der Waals surface area contributed by atoms with E-state index in [9.17, 15) is 0 Å². The van der Waals surface area contributed by atoms with Crippen LogP contribution in [0.5, 0.6) is 0 Å². The molecule has 2 rings (SSSR count). The van der Waals surface area contributed by atoms with Crippen molar-refractivity contribution >= 4 is 10.9 Å². The van der Waals surface area contributed by atoms with Crippen molar-refractivity contribution in [3.05, 3.63) is 42.1 Å². The van der Waals surface area contributed by atoms with Gasteiger partial charge in [-0.1, -0.05) is 32.0 Å². The van der Waals surface area contributed by atoms with Crippen molar-refractivity contribution < 1.29 is 0 Å². The highest BCUT2D eigenvalue weighted by Gasteiger charge is 1.93. The SMILES string of the molecule is CC.NCc1cnc2ccccc2c1. The first kappa shape index (κ1) is 10.7. The first-order valence-electron chi connectivity index (χ1n) is 4.94. The van der Waals surface area contributed by atoms with Gasteiger partial charge in [0.1, 0.15) is 0 Å². The molecule has 0 atom stereocenters. The first-order chi connectivity index (χ1) is 6.90. The van der Waals surface area contributed by atoms with E-state index in [0.717, 1.165) is 16.5 Å². The molecule has 0 aliphatic carbocycles. The lowest BCUT2D eigenvalue weighted by atomic mass is 10.2. The summed E-state index contributed by atoms with van der Waals surface area (Å²) in [6.07, 6.45) is 1.82. The molecule has 0 spiro atoms. The molecule has 14 heavy (non-hydrogen) atoms. The zero-order valence-corrected chi connectivity index (χ0v) is 8.70. The lowest BCUT2D eigenvalue weighted by Crippen LogP contribution is -1.96. The molecule has 74 valence electrons. The Morgan fingerprint density at radius 1 is 1.21 bits per heavy atom. The van der Waals surface area contributed by atoms with Gasteiger partial charge in [0, 0.05) is 18.1 Å². The third-order valence-corrected chi connectivity index (χ3v) is 1.88. The highest BCUT2D eigenvalue weighted by atomic mass is 14.7. The first-order valence-corrected chi connectivity index (χ1v) is 4.94. The van der Waals surface area contributed by atoms with E-state index in [0.29, 0.717) is 6.54 Å². The second kappa shape index (κ2) is 5.35. The van der Waals surface area contributed by atoms with Crippen LogP contribution in [-0.4, -0.2) is 4.98 Å². The van der Waals surface area contributed by atoms with Crippen LogP contribution < -0.4 is 5.73 Å². The lowest BCUT2D eigenvalue weighted by molar-refractivity contribution is 1.06. The van der Waals surface area contributed by atoms with Crippen molar-refractivity contribution in [3.8, 4) is 0 Å². The molecule has 2 heteroatoms. The van der Waals surface area contributed by atoms with E-state index >= 15 is 0 Å². The number of pyridine rings is 1. The van der Waals surface area contributed by atoms with Gasteiger partial charge in [0.25, 0.3) is 0 Å². The lowest BCUT2D eigenvalue weighted by Gasteiger charge is -1.98. The topological polar surface area (TPSA) is 38.9 Å². The Kier molecular flexibility index (Phi) is 4.08. The predicted octanol–water partition coefficient (Wildman–Crippen LogP) is 2.72. The molecule has 0 unspecified atom stereocenters. The van der Waals surface area contributed by atoms with Crippen LogP contribution in [0.2, 0.25) is 0 Å². The maximum absolute atomic E-state index is 5.50. The predicted molar refractivity (Wildman–Crippen MR) is 61.0 cm³/mol. The smallest absolute Gasteiger partial charge is 0.0702 e. The van der Waals surface area contributed by atoms with Crippen LogP contribution in [-0.2, 0) is 6.54 Å². The molecule has 0 aliphatic heterocycles. The summed E-state index contributed by atoms with van der Waals surface area (Å²) in [5.74, 6) is 0. The Hall–Kier alpha value is -1.41. The average molecular weight is 188 g/mol. The van der Waals surface area contributed by atoms with E-state index in [1.165, 1.54) is 0 Å². The van der Waals surface area contributed by atoms with Crippen LogP contribution in [0, 0.1) is 0 Å². The van der Waals surface area contributed by atoms with Crippen molar-refractivity contribution in [1.82, 2.24) is 4.98 Å². The Bertz CT molecular complexity index is 396. The van der Waals surface area contributed by atoms with E-state index in [1.807, 2.05) is 44.3 Å². The van der Waals surface area contributed by atoms with Crippen LogP contribution in [0.15, 0.2) is 36.5 Å². The van der Waals surface area contributed by atoms with Gasteiger partial charge in [-0.3, -0.25) is 4.98 Å². The molecule has 0 aliphatic rings. The minimum atomic E-state index is 0.553. The van der Waals surface area contributed by atoms with E-state index in [4.69, 9.17) is 5.73 Å². The van der Waals surface area contributed by atoms with Crippen LogP contribution in [0.1, 0.15) is 19.4 Å². The van der Waals surface area contributed by atoms with Crippen LogP contribution in [0.25, 0.3) is 10.9 Å². The van der Waals surface area contributed by atoms with Gasteiger partial charge in [0.05, 0.1) is 5.52 Å². The molecule has 0 amide bonds. The maximum atomic E-state index is 5.50. The number of nitrogens with two attached hydrogens (primary N) is 1. The van der Waals surface area contributed by atoms with Crippen molar-refractivity contribution in [3.63, 3.8) is 0 Å². The fourth-order valence-corrected chi connectivity index (χ4v) is 1.23. The Labute approximate surface area is 84.8 Å². The number of fused-ring (bicyclic) bond motifs is 1. The number of rotatable bonds is 1. The van der Waals surface area contributed by atoms with Crippen LogP contribution in [0.4, 0.5) is 0 Å².